The molecule has 1 aliphatic rings. The van der Waals surface area contributed by atoms with Crippen LogP contribution in [0.15, 0.2) is 0 Å². The van der Waals surface area contributed by atoms with E-state index in [1.165, 1.54) is 11.9 Å². The van der Waals surface area contributed by atoms with Gasteiger partial charge >= 0.3 is 6.03 Å². The average Bonchev–Trinajstić information content (AvgIpc) is 2.16. The molecule has 0 aromatic rings. The normalized spacial score (nSPS) is 22.5. The maximum atomic E-state index is 11.3. The monoisotopic (exact) mass is 186 g/mol. The van der Waals surface area contributed by atoms with Crippen LogP contribution in [0.25, 0.3) is 0 Å². The lowest BCUT2D eigenvalue weighted by Gasteiger charge is -2.33. The number of hydrogen-bond donors (Lipinski definition) is 3. The Morgan fingerprint density at radius 3 is 2.85 bits per heavy atom. The number of urea groups is 1. The fraction of sp³-hybridized carbons (Fsp3) is 0.714. The molecule has 0 saturated carbocycles. The van der Waals surface area contributed by atoms with Crippen LogP contribution in [-0.4, -0.2) is 49.6 Å². The first kappa shape index (κ1) is 9.79. The summed E-state index contributed by atoms with van der Waals surface area (Å²) in [6.45, 7) is 1.63. The molecule has 74 valence electrons. The number of carbonyl (C=O) groups excluding carboxylic acids is 2. The second kappa shape index (κ2) is 4.08. The van der Waals surface area contributed by atoms with E-state index in [2.05, 4.69) is 10.6 Å². The molecule has 3 amide bonds. The molecule has 1 fully saturated rings. The molecular formula is C7H14N4O2. The van der Waals surface area contributed by atoms with Gasteiger partial charge in [0.15, 0.2) is 0 Å². The molecule has 1 aliphatic heterocycles. The number of nitrogens with one attached hydrogen (secondary N) is 2. The van der Waals surface area contributed by atoms with Crippen molar-refractivity contribution in [3.8, 4) is 0 Å². The van der Waals surface area contributed by atoms with Gasteiger partial charge in [-0.05, 0) is 0 Å². The van der Waals surface area contributed by atoms with E-state index in [4.69, 9.17) is 5.73 Å². The van der Waals surface area contributed by atoms with Crippen LogP contribution in [0.1, 0.15) is 0 Å². The third kappa shape index (κ3) is 2.09. The maximum absolute atomic E-state index is 11.3. The zero-order chi connectivity index (χ0) is 9.84. The van der Waals surface area contributed by atoms with Gasteiger partial charge < -0.3 is 21.3 Å². The fourth-order valence-corrected chi connectivity index (χ4v) is 1.35. The van der Waals surface area contributed by atoms with Gasteiger partial charge in [0.25, 0.3) is 0 Å². The van der Waals surface area contributed by atoms with Crippen molar-refractivity contribution in [1.82, 2.24) is 15.5 Å². The second-order valence-corrected chi connectivity index (χ2v) is 2.87. The predicted molar refractivity (Wildman–Crippen MR) is 47.0 cm³/mol. The van der Waals surface area contributed by atoms with Gasteiger partial charge in [-0.2, -0.15) is 0 Å². The van der Waals surface area contributed by atoms with Gasteiger partial charge in [0, 0.05) is 26.7 Å². The van der Waals surface area contributed by atoms with Crippen molar-refractivity contribution in [2.24, 2.45) is 5.73 Å². The molecule has 1 atom stereocenters. The molecule has 1 unspecified atom stereocenters. The molecule has 6 nitrogen and oxygen atoms in total. The summed E-state index contributed by atoms with van der Waals surface area (Å²) in [4.78, 5) is 23.6. The summed E-state index contributed by atoms with van der Waals surface area (Å²) in [5.41, 5.74) is 5.15. The van der Waals surface area contributed by atoms with Crippen LogP contribution in [0, 0.1) is 0 Å². The van der Waals surface area contributed by atoms with Crippen LogP contribution in [0.4, 0.5) is 4.79 Å². The summed E-state index contributed by atoms with van der Waals surface area (Å²) < 4.78 is 0. The highest BCUT2D eigenvalue weighted by Crippen LogP contribution is 2.02. The van der Waals surface area contributed by atoms with E-state index in [1.54, 1.807) is 0 Å². The molecule has 6 heteroatoms. The maximum Gasteiger partial charge on any atom is 0.317 e. The number of nitrogens with zero attached hydrogens (tertiary/aromatic N) is 1. The van der Waals surface area contributed by atoms with Crippen molar-refractivity contribution < 1.29 is 9.59 Å². The summed E-state index contributed by atoms with van der Waals surface area (Å²) in [6, 6.07) is -0.793. The minimum atomic E-state index is -0.534. The molecule has 13 heavy (non-hydrogen) atoms. The van der Waals surface area contributed by atoms with Gasteiger partial charge in [-0.25, -0.2) is 4.79 Å². The molecule has 0 aromatic carbocycles. The van der Waals surface area contributed by atoms with Crippen LogP contribution in [0.3, 0.4) is 0 Å². The van der Waals surface area contributed by atoms with E-state index in [9.17, 15) is 9.59 Å². The molecule has 0 bridgehead atoms. The largest absolute Gasteiger partial charge is 0.368 e. The highest BCUT2D eigenvalue weighted by Gasteiger charge is 2.29. The number of primary amides is 1. The highest BCUT2D eigenvalue weighted by atomic mass is 16.2. The lowest BCUT2D eigenvalue weighted by atomic mass is 10.2. The third-order valence-corrected chi connectivity index (χ3v) is 2.05. The Morgan fingerprint density at radius 2 is 2.31 bits per heavy atom. The summed E-state index contributed by atoms with van der Waals surface area (Å²) >= 11 is 0. The topological polar surface area (TPSA) is 87.5 Å². The Morgan fingerprint density at radius 1 is 1.62 bits per heavy atom. The molecule has 1 saturated heterocycles. The van der Waals surface area contributed by atoms with Gasteiger partial charge in [-0.3, -0.25) is 4.79 Å². The van der Waals surface area contributed by atoms with Crippen molar-refractivity contribution in [3.63, 3.8) is 0 Å². The number of piperazine rings is 1. The molecular weight excluding hydrogens is 172 g/mol. The number of rotatable bonds is 1. The lowest BCUT2D eigenvalue weighted by molar-refractivity contribution is -0.122. The third-order valence-electron chi connectivity index (χ3n) is 2.05. The number of nitrogens with two attached hydrogens (primary N) is 1. The van der Waals surface area contributed by atoms with Crippen LogP contribution in [0.2, 0.25) is 0 Å². The molecule has 0 spiro atoms. The second-order valence-electron chi connectivity index (χ2n) is 2.87. The van der Waals surface area contributed by atoms with Gasteiger partial charge in [-0.1, -0.05) is 0 Å². The molecule has 0 radical (unpaired) electrons. The van der Waals surface area contributed by atoms with E-state index in [1.807, 2.05) is 0 Å². The Kier molecular flexibility index (Phi) is 3.07. The Hall–Kier alpha value is -1.30. The van der Waals surface area contributed by atoms with Crippen LogP contribution < -0.4 is 16.4 Å². The van der Waals surface area contributed by atoms with Crippen molar-refractivity contribution in [2.75, 3.05) is 26.7 Å². The Labute approximate surface area is 76.4 Å². The minimum Gasteiger partial charge on any atom is -0.368 e. The Bertz CT molecular complexity index is 219. The smallest absolute Gasteiger partial charge is 0.317 e. The highest BCUT2D eigenvalue weighted by molar-refractivity contribution is 5.86. The molecule has 1 rings (SSSR count). The Balaban J connectivity index is 2.67. The first-order valence-corrected chi connectivity index (χ1v) is 4.15. The van der Waals surface area contributed by atoms with Gasteiger partial charge in [0.05, 0.1) is 0 Å². The van der Waals surface area contributed by atoms with Gasteiger partial charge in [-0.15, -0.1) is 0 Å². The number of carbonyl (C=O) groups is 2. The summed E-state index contributed by atoms with van der Waals surface area (Å²) in [5, 5.41) is 5.47. The zero-order valence-electron chi connectivity index (χ0n) is 7.54. The summed E-state index contributed by atoms with van der Waals surface area (Å²) in [5.74, 6) is -0.476. The lowest BCUT2D eigenvalue weighted by Crippen LogP contribution is -2.60. The fourth-order valence-electron chi connectivity index (χ4n) is 1.35. The van der Waals surface area contributed by atoms with Gasteiger partial charge in [0.2, 0.25) is 5.91 Å². The first-order valence-electron chi connectivity index (χ1n) is 4.15. The van der Waals surface area contributed by atoms with Crippen LogP contribution in [-0.2, 0) is 4.79 Å². The van der Waals surface area contributed by atoms with E-state index < -0.39 is 11.9 Å². The number of amides is 3. The zero-order valence-corrected chi connectivity index (χ0v) is 7.54. The van der Waals surface area contributed by atoms with Crippen molar-refractivity contribution in [2.45, 2.75) is 6.04 Å². The molecule has 4 N–H and O–H groups in total. The van der Waals surface area contributed by atoms with Crippen molar-refractivity contribution in [3.05, 3.63) is 0 Å². The standard InChI is InChI=1S/C7H14N4O2/c1-9-7(13)11-3-2-10-4-5(11)6(8)12/h5,10H,2-4H2,1H3,(H2,8,12)(H,9,13). The van der Waals surface area contributed by atoms with Crippen molar-refractivity contribution in [1.29, 1.82) is 0 Å². The minimum absolute atomic E-state index is 0.259. The molecule has 1 heterocycles. The number of hydrogen-bond acceptors (Lipinski definition) is 3. The quantitative estimate of drug-likeness (QED) is 0.446. The van der Waals surface area contributed by atoms with Gasteiger partial charge in [0.1, 0.15) is 6.04 Å². The van der Waals surface area contributed by atoms with Crippen LogP contribution >= 0.6 is 0 Å². The van der Waals surface area contributed by atoms with Crippen LogP contribution in [0.5, 0.6) is 0 Å². The van der Waals surface area contributed by atoms with Crippen molar-refractivity contribution >= 4 is 11.9 Å². The molecule has 0 aromatic heterocycles. The van der Waals surface area contributed by atoms with E-state index in [-0.39, 0.29) is 6.03 Å². The summed E-state index contributed by atoms with van der Waals surface area (Å²) in [6.07, 6.45) is 0. The predicted octanol–water partition coefficient (Wildman–Crippen LogP) is -1.92. The van der Waals surface area contributed by atoms with E-state index >= 15 is 0 Å². The molecule has 0 aliphatic carbocycles. The van der Waals surface area contributed by atoms with E-state index in [0.29, 0.717) is 19.6 Å². The van der Waals surface area contributed by atoms with E-state index in [0.717, 1.165) is 0 Å². The average molecular weight is 186 g/mol. The first-order chi connectivity index (χ1) is 6.16. The summed E-state index contributed by atoms with van der Waals surface area (Å²) in [7, 11) is 1.53. The SMILES string of the molecule is CNC(=O)N1CCNCC1C(N)=O.